The molecule has 2 unspecified atom stereocenters. The molecule has 1 aliphatic carbocycles. The minimum Gasteiger partial charge on any atom is -0.308 e. The molecule has 0 radical (unpaired) electrons. The molecule has 1 aliphatic heterocycles. The summed E-state index contributed by atoms with van der Waals surface area (Å²) in [7, 11) is 0. The highest BCUT2D eigenvalue weighted by Crippen LogP contribution is 2.37. The minimum atomic E-state index is 0.405. The van der Waals surface area contributed by atoms with Crippen LogP contribution in [0.15, 0.2) is 24.3 Å². The molecule has 1 spiro atoms. The molecule has 116 valence electrons. The Morgan fingerprint density at radius 2 is 2.00 bits per heavy atom. The molecular formula is C19H30N2. The van der Waals surface area contributed by atoms with Crippen LogP contribution < -0.4 is 5.32 Å². The maximum atomic E-state index is 3.90. The van der Waals surface area contributed by atoms with Crippen LogP contribution in [0.1, 0.15) is 63.1 Å². The fourth-order valence-electron chi connectivity index (χ4n) is 4.44. The Hall–Kier alpha value is -0.860. The fourth-order valence-corrected chi connectivity index (χ4v) is 4.44. The molecule has 1 saturated carbocycles. The second-order valence-corrected chi connectivity index (χ2v) is 7.14. The quantitative estimate of drug-likeness (QED) is 0.901. The van der Waals surface area contributed by atoms with E-state index < -0.39 is 0 Å². The Kier molecular flexibility index (Phi) is 4.37. The second kappa shape index (κ2) is 6.10. The van der Waals surface area contributed by atoms with E-state index in [2.05, 4.69) is 55.3 Å². The highest BCUT2D eigenvalue weighted by molar-refractivity contribution is 5.28. The number of piperazine rings is 1. The number of aryl methyl sites for hydroxylation is 1. The van der Waals surface area contributed by atoms with Crippen LogP contribution in [0, 0.1) is 6.92 Å². The zero-order valence-electron chi connectivity index (χ0n) is 13.9. The highest BCUT2D eigenvalue weighted by atomic mass is 15.3. The molecule has 2 aliphatic rings. The first-order valence-electron chi connectivity index (χ1n) is 8.71. The van der Waals surface area contributed by atoms with Gasteiger partial charge in [-0.15, -0.1) is 0 Å². The van der Waals surface area contributed by atoms with Gasteiger partial charge in [0.05, 0.1) is 0 Å². The van der Waals surface area contributed by atoms with E-state index in [-0.39, 0.29) is 0 Å². The Labute approximate surface area is 129 Å². The number of nitrogens with one attached hydrogen (secondary N) is 1. The summed E-state index contributed by atoms with van der Waals surface area (Å²) >= 11 is 0. The first-order valence-corrected chi connectivity index (χ1v) is 8.71. The first kappa shape index (κ1) is 15.1. The number of nitrogens with zero attached hydrogens (tertiary/aromatic N) is 1. The van der Waals surface area contributed by atoms with Crippen LogP contribution in [0.4, 0.5) is 0 Å². The van der Waals surface area contributed by atoms with Crippen molar-refractivity contribution in [2.24, 2.45) is 0 Å². The van der Waals surface area contributed by atoms with Gasteiger partial charge in [-0.1, -0.05) is 44.0 Å². The lowest BCUT2D eigenvalue weighted by Crippen LogP contribution is -2.63. The zero-order valence-corrected chi connectivity index (χ0v) is 13.9. The smallest absolute Gasteiger partial charge is 0.0326 e. The van der Waals surface area contributed by atoms with Gasteiger partial charge < -0.3 is 5.32 Å². The van der Waals surface area contributed by atoms with Gasteiger partial charge in [-0.25, -0.2) is 0 Å². The molecule has 0 bridgehead atoms. The lowest BCUT2D eigenvalue weighted by atomic mass is 9.89. The minimum absolute atomic E-state index is 0.405. The summed E-state index contributed by atoms with van der Waals surface area (Å²) < 4.78 is 0. The molecule has 1 aromatic carbocycles. The van der Waals surface area contributed by atoms with Gasteiger partial charge in [0, 0.05) is 30.7 Å². The molecule has 2 fully saturated rings. The molecule has 3 rings (SSSR count). The first-order chi connectivity index (χ1) is 10.2. The van der Waals surface area contributed by atoms with Crippen molar-refractivity contribution < 1.29 is 0 Å². The Morgan fingerprint density at radius 1 is 1.29 bits per heavy atom. The van der Waals surface area contributed by atoms with Crippen molar-refractivity contribution in [3.63, 3.8) is 0 Å². The third-order valence-electron chi connectivity index (χ3n) is 5.83. The number of hydrogen-bond acceptors (Lipinski definition) is 2. The van der Waals surface area contributed by atoms with Crippen molar-refractivity contribution in [2.75, 3.05) is 13.1 Å². The van der Waals surface area contributed by atoms with E-state index in [9.17, 15) is 0 Å². The second-order valence-electron chi connectivity index (χ2n) is 7.14. The molecule has 1 aromatic rings. The summed E-state index contributed by atoms with van der Waals surface area (Å²) in [5.74, 6) is 0. The molecule has 0 amide bonds. The predicted molar refractivity (Wildman–Crippen MR) is 89.6 cm³/mol. The molecule has 2 atom stereocenters. The van der Waals surface area contributed by atoms with E-state index in [1.807, 2.05) is 0 Å². The van der Waals surface area contributed by atoms with Gasteiger partial charge in [0.2, 0.25) is 0 Å². The van der Waals surface area contributed by atoms with E-state index in [0.29, 0.717) is 17.6 Å². The molecule has 2 nitrogen and oxygen atoms in total. The van der Waals surface area contributed by atoms with Gasteiger partial charge in [0.25, 0.3) is 0 Å². The summed E-state index contributed by atoms with van der Waals surface area (Å²) in [4.78, 5) is 2.78. The number of benzene rings is 1. The zero-order chi connectivity index (χ0) is 14.9. The lowest BCUT2D eigenvalue weighted by molar-refractivity contribution is 0.0460. The standard InChI is InChI=1S/C19H30N2/c1-4-17-13-20-19(11-7-8-12-19)14-21(17)16(3)18-10-6-5-9-15(18)2/h5-6,9-10,16-17,20H,4,7-8,11-14H2,1-3H3. The Bertz CT molecular complexity index is 476. The fraction of sp³-hybridized carbons (Fsp3) is 0.684. The average molecular weight is 286 g/mol. The third-order valence-corrected chi connectivity index (χ3v) is 5.83. The number of rotatable bonds is 3. The van der Waals surface area contributed by atoms with Gasteiger partial charge in [-0.3, -0.25) is 4.90 Å². The summed E-state index contributed by atoms with van der Waals surface area (Å²) in [6.07, 6.45) is 6.76. The molecule has 0 aromatic heterocycles. The van der Waals surface area contributed by atoms with Gasteiger partial charge >= 0.3 is 0 Å². The molecule has 1 saturated heterocycles. The SMILES string of the molecule is CCC1CNC2(CCCC2)CN1C(C)c1ccccc1C. The van der Waals surface area contributed by atoms with Crippen molar-refractivity contribution in [2.45, 2.75) is 70.5 Å². The van der Waals surface area contributed by atoms with Crippen LogP contribution in [0.5, 0.6) is 0 Å². The maximum Gasteiger partial charge on any atom is 0.0326 e. The third kappa shape index (κ3) is 2.89. The molecule has 1 heterocycles. The van der Waals surface area contributed by atoms with Crippen molar-refractivity contribution in [3.8, 4) is 0 Å². The van der Waals surface area contributed by atoms with E-state index >= 15 is 0 Å². The topological polar surface area (TPSA) is 15.3 Å². The molecular weight excluding hydrogens is 256 g/mol. The van der Waals surface area contributed by atoms with Crippen LogP contribution in [0.3, 0.4) is 0 Å². The molecule has 2 heteroatoms. The maximum absolute atomic E-state index is 3.90. The summed E-state index contributed by atoms with van der Waals surface area (Å²) in [6, 6.07) is 10.1. The van der Waals surface area contributed by atoms with E-state index in [0.717, 1.165) is 6.54 Å². The van der Waals surface area contributed by atoms with E-state index in [1.165, 1.54) is 49.8 Å². The largest absolute Gasteiger partial charge is 0.308 e. The summed E-state index contributed by atoms with van der Waals surface area (Å²) in [5, 5.41) is 3.90. The number of hydrogen-bond donors (Lipinski definition) is 1. The van der Waals surface area contributed by atoms with E-state index in [1.54, 1.807) is 0 Å². The molecule has 1 N–H and O–H groups in total. The van der Waals surface area contributed by atoms with Crippen LogP contribution in [0.2, 0.25) is 0 Å². The summed E-state index contributed by atoms with van der Waals surface area (Å²) in [5.41, 5.74) is 3.34. The van der Waals surface area contributed by atoms with Gasteiger partial charge in [-0.2, -0.15) is 0 Å². The Balaban J connectivity index is 1.84. The van der Waals surface area contributed by atoms with Crippen molar-refractivity contribution >= 4 is 0 Å². The van der Waals surface area contributed by atoms with Gasteiger partial charge in [0.1, 0.15) is 0 Å². The van der Waals surface area contributed by atoms with Gasteiger partial charge in [0.15, 0.2) is 0 Å². The van der Waals surface area contributed by atoms with Gasteiger partial charge in [-0.05, 0) is 44.2 Å². The molecule has 21 heavy (non-hydrogen) atoms. The van der Waals surface area contributed by atoms with Crippen molar-refractivity contribution in [1.29, 1.82) is 0 Å². The predicted octanol–water partition coefficient (Wildman–Crippen LogP) is 4.05. The monoisotopic (exact) mass is 286 g/mol. The lowest BCUT2D eigenvalue weighted by Gasteiger charge is -2.49. The normalized spacial score (nSPS) is 27.1. The van der Waals surface area contributed by atoms with Crippen LogP contribution in [0.25, 0.3) is 0 Å². The van der Waals surface area contributed by atoms with Crippen molar-refractivity contribution in [1.82, 2.24) is 10.2 Å². The van der Waals surface area contributed by atoms with E-state index in [4.69, 9.17) is 0 Å². The van der Waals surface area contributed by atoms with Crippen molar-refractivity contribution in [3.05, 3.63) is 35.4 Å². The Morgan fingerprint density at radius 3 is 2.67 bits per heavy atom. The summed E-state index contributed by atoms with van der Waals surface area (Å²) in [6.45, 7) is 9.36. The van der Waals surface area contributed by atoms with Crippen LogP contribution in [-0.4, -0.2) is 29.6 Å². The highest BCUT2D eigenvalue weighted by Gasteiger charge is 2.42. The van der Waals surface area contributed by atoms with Crippen LogP contribution >= 0.6 is 0 Å². The van der Waals surface area contributed by atoms with Crippen LogP contribution in [-0.2, 0) is 0 Å². The average Bonchev–Trinajstić information content (AvgIpc) is 2.95.